The first-order valence-electron chi connectivity index (χ1n) is 6.51. The van der Waals surface area contributed by atoms with Crippen molar-refractivity contribution < 1.29 is 8.42 Å². The molecule has 2 N–H and O–H groups in total. The average Bonchev–Trinajstić information content (AvgIpc) is 2.71. The van der Waals surface area contributed by atoms with Crippen LogP contribution in [0.1, 0.15) is 26.5 Å². The lowest BCUT2D eigenvalue weighted by atomic mass is 10.3. The molecule has 0 fully saturated rings. The zero-order valence-electron chi connectivity index (χ0n) is 12.0. The van der Waals surface area contributed by atoms with Gasteiger partial charge in [0.25, 0.3) is 0 Å². The second kappa shape index (κ2) is 7.02. The molecule has 1 rings (SSSR count). The second-order valence-electron chi connectivity index (χ2n) is 5.01. The molecule has 0 aliphatic heterocycles. The van der Waals surface area contributed by atoms with Crippen LogP contribution >= 0.6 is 0 Å². The summed E-state index contributed by atoms with van der Waals surface area (Å²) in [6.07, 6.45) is 2.35. The van der Waals surface area contributed by atoms with Gasteiger partial charge in [-0.25, -0.2) is 13.1 Å². The van der Waals surface area contributed by atoms with E-state index in [2.05, 4.69) is 15.1 Å². The Morgan fingerprint density at radius 2 is 2.05 bits per heavy atom. The number of hydrogen-bond donors (Lipinski definition) is 2. The van der Waals surface area contributed by atoms with Crippen LogP contribution < -0.4 is 10.0 Å². The van der Waals surface area contributed by atoms with Crippen molar-refractivity contribution in [2.24, 2.45) is 7.05 Å². The van der Waals surface area contributed by atoms with Crippen molar-refractivity contribution in [3.63, 3.8) is 0 Å². The molecule has 0 saturated heterocycles. The first-order chi connectivity index (χ1) is 8.83. The summed E-state index contributed by atoms with van der Waals surface area (Å²) in [6, 6.07) is 2.17. The molecule has 0 aliphatic carbocycles. The maximum absolute atomic E-state index is 12.0. The molecule has 6 nitrogen and oxygen atoms in total. The Morgan fingerprint density at radius 1 is 1.37 bits per heavy atom. The van der Waals surface area contributed by atoms with Crippen LogP contribution in [-0.2, 0) is 23.5 Å². The molecule has 0 spiro atoms. The van der Waals surface area contributed by atoms with E-state index in [-0.39, 0.29) is 6.04 Å². The lowest BCUT2D eigenvalue weighted by Crippen LogP contribution is -2.41. The summed E-state index contributed by atoms with van der Waals surface area (Å²) < 4.78 is 28.4. The van der Waals surface area contributed by atoms with Gasteiger partial charge in [-0.1, -0.05) is 13.8 Å². The highest BCUT2D eigenvalue weighted by atomic mass is 32.2. The summed E-state index contributed by atoms with van der Waals surface area (Å²) in [5.74, 6) is 0. The Bertz CT molecular complexity index is 482. The minimum absolute atomic E-state index is 0.284. The summed E-state index contributed by atoms with van der Waals surface area (Å²) in [7, 11) is -1.42. The van der Waals surface area contributed by atoms with Gasteiger partial charge in [0.2, 0.25) is 10.0 Å². The second-order valence-corrected chi connectivity index (χ2v) is 7.19. The van der Waals surface area contributed by atoms with Gasteiger partial charge in [-0.3, -0.25) is 4.68 Å². The molecular formula is C12H24N4O2S. The van der Waals surface area contributed by atoms with Gasteiger partial charge in [0.1, 0.15) is 0 Å². The highest BCUT2D eigenvalue weighted by Gasteiger charge is 2.19. The minimum atomic E-state index is -3.26. The number of sulfonamides is 1. The highest BCUT2D eigenvalue weighted by Crippen LogP contribution is 2.00. The number of nitrogens with one attached hydrogen (secondary N) is 2. The lowest BCUT2D eigenvalue weighted by Gasteiger charge is -2.16. The molecule has 19 heavy (non-hydrogen) atoms. The van der Waals surface area contributed by atoms with Crippen molar-refractivity contribution in [3.05, 3.63) is 18.0 Å². The van der Waals surface area contributed by atoms with Crippen molar-refractivity contribution in [1.29, 1.82) is 0 Å². The van der Waals surface area contributed by atoms with E-state index in [1.165, 1.54) is 0 Å². The van der Waals surface area contributed by atoms with Crippen LogP contribution in [0.15, 0.2) is 12.3 Å². The summed E-state index contributed by atoms with van der Waals surface area (Å²) in [5, 5.41) is 6.73. The smallest absolute Gasteiger partial charge is 0.215 e. The molecule has 0 bridgehead atoms. The summed E-state index contributed by atoms with van der Waals surface area (Å²) >= 11 is 0. The van der Waals surface area contributed by atoms with Gasteiger partial charge < -0.3 is 5.32 Å². The quantitative estimate of drug-likeness (QED) is 0.720. The van der Waals surface area contributed by atoms with Crippen LogP contribution in [0.25, 0.3) is 0 Å². The van der Waals surface area contributed by atoms with Crippen LogP contribution in [0.2, 0.25) is 0 Å². The Kier molecular flexibility index (Phi) is 5.96. The van der Waals surface area contributed by atoms with Crippen LogP contribution in [0.4, 0.5) is 0 Å². The van der Waals surface area contributed by atoms with Crippen molar-refractivity contribution in [1.82, 2.24) is 19.8 Å². The molecule has 0 amide bonds. The average molecular weight is 288 g/mol. The standard InChI is InChI=1S/C12H24N4O2S/c1-10(2)13-9-11(3)19(17,18)15-8-6-12-5-7-14-16(12)4/h5,7,10-11,13,15H,6,8-9H2,1-4H3. The minimum Gasteiger partial charge on any atom is -0.313 e. The van der Waals surface area contributed by atoms with Crippen LogP contribution in [0, 0.1) is 0 Å². The number of aromatic nitrogens is 2. The molecule has 1 atom stereocenters. The largest absolute Gasteiger partial charge is 0.313 e. The van der Waals surface area contributed by atoms with Gasteiger partial charge in [-0.05, 0) is 13.0 Å². The van der Waals surface area contributed by atoms with Crippen molar-refractivity contribution >= 4 is 10.0 Å². The zero-order valence-corrected chi connectivity index (χ0v) is 12.9. The van der Waals surface area contributed by atoms with E-state index in [9.17, 15) is 8.42 Å². The maximum Gasteiger partial charge on any atom is 0.215 e. The normalized spacial score (nSPS) is 13.9. The highest BCUT2D eigenvalue weighted by molar-refractivity contribution is 7.90. The van der Waals surface area contributed by atoms with E-state index in [1.807, 2.05) is 27.0 Å². The summed E-state index contributed by atoms with van der Waals surface area (Å²) in [5.41, 5.74) is 1.01. The van der Waals surface area contributed by atoms with Crippen LogP contribution in [0.3, 0.4) is 0 Å². The fraction of sp³-hybridized carbons (Fsp3) is 0.750. The van der Waals surface area contributed by atoms with E-state index >= 15 is 0 Å². The van der Waals surface area contributed by atoms with E-state index in [0.717, 1.165) is 5.69 Å². The van der Waals surface area contributed by atoms with E-state index in [0.29, 0.717) is 19.5 Å². The van der Waals surface area contributed by atoms with E-state index in [4.69, 9.17) is 0 Å². The monoisotopic (exact) mass is 288 g/mol. The topological polar surface area (TPSA) is 76.0 Å². The fourth-order valence-corrected chi connectivity index (χ4v) is 2.61. The van der Waals surface area contributed by atoms with Crippen molar-refractivity contribution in [3.8, 4) is 0 Å². The first-order valence-corrected chi connectivity index (χ1v) is 8.06. The van der Waals surface area contributed by atoms with Gasteiger partial charge in [-0.15, -0.1) is 0 Å². The van der Waals surface area contributed by atoms with Gasteiger partial charge in [-0.2, -0.15) is 5.10 Å². The number of aryl methyl sites for hydroxylation is 1. The molecule has 0 aromatic carbocycles. The van der Waals surface area contributed by atoms with Crippen LogP contribution in [-0.4, -0.2) is 42.6 Å². The zero-order chi connectivity index (χ0) is 14.5. The molecule has 1 unspecified atom stereocenters. The molecule has 0 radical (unpaired) electrons. The molecule has 110 valence electrons. The lowest BCUT2D eigenvalue weighted by molar-refractivity contribution is 0.540. The molecule has 1 aromatic heterocycles. The molecule has 0 aliphatic rings. The van der Waals surface area contributed by atoms with Crippen LogP contribution in [0.5, 0.6) is 0 Å². The molecule has 1 heterocycles. The number of rotatable bonds is 8. The van der Waals surface area contributed by atoms with Gasteiger partial charge in [0, 0.05) is 44.5 Å². The fourth-order valence-electron chi connectivity index (χ4n) is 1.62. The van der Waals surface area contributed by atoms with Crippen molar-refractivity contribution in [2.45, 2.75) is 38.5 Å². The van der Waals surface area contributed by atoms with Gasteiger partial charge in [0.15, 0.2) is 0 Å². The third kappa shape index (κ3) is 5.30. The number of hydrogen-bond acceptors (Lipinski definition) is 4. The maximum atomic E-state index is 12.0. The predicted octanol–water partition coefficient (Wildman–Crippen LogP) is 0.269. The molecule has 1 aromatic rings. The molecular weight excluding hydrogens is 264 g/mol. The Hall–Kier alpha value is -0.920. The predicted molar refractivity (Wildman–Crippen MR) is 76.4 cm³/mol. The van der Waals surface area contributed by atoms with Gasteiger partial charge >= 0.3 is 0 Å². The molecule has 7 heteroatoms. The Labute approximate surface area is 115 Å². The third-order valence-electron chi connectivity index (χ3n) is 2.95. The van der Waals surface area contributed by atoms with E-state index < -0.39 is 15.3 Å². The molecule has 0 saturated carbocycles. The van der Waals surface area contributed by atoms with Gasteiger partial charge in [0.05, 0.1) is 5.25 Å². The Morgan fingerprint density at radius 3 is 2.58 bits per heavy atom. The first kappa shape index (κ1) is 16.1. The summed E-state index contributed by atoms with van der Waals surface area (Å²) in [4.78, 5) is 0. The SMILES string of the molecule is CC(C)NCC(C)S(=O)(=O)NCCc1ccnn1C. The van der Waals surface area contributed by atoms with Crippen molar-refractivity contribution in [2.75, 3.05) is 13.1 Å². The number of nitrogens with zero attached hydrogens (tertiary/aromatic N) is 2. The van der Waals surface area contributed by atoms with E-state index in [1.54, 1.807) is 17.8 Å². The Balaban J connectivity index is 2.40. The third-order valence-corrected chi connectivity index (χ3v) is 4.78. The summed E-state index contributed by atoms with van der Waals surface area (Å²) in [6.45, 7) is 6.55.